The lowest BCUT2D eigenvalue weighted by Gasteiger charge is -2.07. The van der Waals surface area contributed by atoms with Gasteiger partial charge in [0.2, 0.25) is 0 Å². The third-order valence-corrected chi connectivity index (χ3v) is 3.19. The van der Waals surface area contributed by atoms with E-state index in [1.54, 1.807) is 6.07 Å². The van der Waals surface area contributed by atoms with Crippen molar-refractivity contribution in [1.29, 1.82) is 0 Å². The Hall–Kier alpha value is -1.35. The molecule has 1 aromatic heterocycles. The second kappa shape index (κ2) is 4.26. The molecule has 0 radical (unpaired) electrons. The number of aryl methyl sites for hydroxylation is 2. The van der Waals surface area contributed by atoms with Crippen LogP contribution in [0.1, 0.15) is 17.7 Å². The number of nitrogens with zero attached hydrogens (tertiary/aromatic N) is 1. The molecule has 0 atom stereocenters. The molecule has 0 amide bonds. The molecule has 2 aromatic rings. The molecule has 2 N–H and O–H groups in total. The summed E-state index contributed by atoms with van der Waals surface area (Å²) in [6.45, 7) is 5.69. The van der Waals surface area contributed by atoms with E-state index in [0.717, 1.165) is 29.4 Å². The molecule has 2 rings (SSSR count). The lowest BCUT2D eigenvalue weighted by Crippen LogP contribution is -2.06. The summed E-state index contributed by atoms with van der Waals surface area (Å²) in [4.78, 5) is 0. The summed E-state index contributed by atoms with van der Waals surface area (Å²) in [6, 6.07) is 4.97. The molecule has 86 valence electrons. The van der Waals surface area contributed by atoms with Crippen molar-refractivity contribution in [3.05, 3.63) is 35.3 Å². The number of benzene rings is 1. The second-order valence-electron chi connectivity index (χ2n) is 4.17. The maximum absolute atomic E-state index is 13.2. The van der Waals surface area contributed by atoms with Crippen LogP contribution in [0.2, 0.25) is 0 Å². The largest absolute Gasteiger partial charge is 0.345 e. The lowest BCUT2D eigenvalue weighted by molar-refractivity contribution is 0.628. The zero-order valence-corrected chi connectivity index (χ0v) is 9.76. The normalized spacial score (nSPS) is 11.2. The molecular weight excluding hydrogens is 203 g/mol. The summed E-state index contributed by atoms with van der Waals surface area (Å²) >= 11 is 0. The quantitative estimate of drug-likeness (QED) is 0.847. The van der Waals surface area contributed by atoms with Crippen molar-refractivity contribution in [2.75, 3.05) is 6.54 Å². The van der Waals surface area contributed by atoms with E-state index in [1.807, 2.05) is 13.0 Å². The van der Waals surface area contributed by atoms with Crippen LogP contribution < -0.4 is 5.73 Å². The van der Waals surface area contributed by atoms with Gasteiger partial charge < -0.3 is 10.3 Å². The Kier molecular flexibility index (Phi) is 2.97. The smallest absolute Gasteiger partial charge is 0.123 e. The lowest BCUT2D eigenvalue weighted by atomic mass is 10.1. The standard InChI is InChI=1S/C13H17FN2/c1-9-10(2)16(7-3-6-15)13-5-4-11(14)8-12(9)13/h4-5,8H,3,6-7,15H2,1-2H3. The van der Waals surface area contributed by atoms with Gasteiger partial charge in [0.05, 0.1) is 0 Å². The molecule has 0 aliphatic rings. The molecule has 0 fully saturated rings. The van der Waals surface area contributed by atoms with Crippen LogP contribution in [-0.4, -0.2) is 11.1 Å². The van der Waals surface area contributed by atoms with Crippen LogP contribution in [0.4, 0.5) is 4.39 Å². The molecule has 2 nitrogen and oxygen atoms in total. The van der Waals surface area contributed by atoms with Crippen molar-refractivity contribution < 1.29 is 4.39 Å². The highest BCUT2D eigenvalue weighted by Gasteiger charge is 2.10. The van der Waals surface area contributed by atoms with E-state index in [0.29, 0.717) is 6.54 Å². The maximum atomic E-state index is 13.2. The molecule has 16 heavy (non-hydrogen) atoms. The van der Waals surface area contributed by atoms with E-state index in [9.17, 15) is 4.39 Å². The van der Waals surface area contributed by atoms with Gasteiger partial charge in [-0.05, 0) is 50.6 Å². The zero-order chi connectivity index (χ0) is 11.7. The summed E-state index contributed by atoms with van der Waals surface area (Å²) < 4.78 is 15.4. The first-order valence-electron chi connectivity index (χ1n) is 5.60. The second-order valence-corrected chi connectivity index (χ2v) is 4.17. The number of nitrogens with two attached hydrogens (primary N) is 1. The van der Waals surface area contributed by atoms with Crippen LogP contribution in [0.25, 0.3) is 10.9 Å². The van der Waals surface area contributed by atoms with Gasteiger partial charge in [0.15, 0.2) is 0 Å². The van der Waals surface area contributed by atoms with Crippen LogP contribution in [-0.2, 0) is 6.54 Å². The predicted molar refractivity (Wildman–Crippen MR) is 65.0 cm³/mol. The molecule has 0 unspecified atom stereocenters. The molecule has 0 saturated carbocycles. The van der Waals surface area contributed by atoms with Crippen LogP contribution in [0.3, 0.4) is 0 Å². The average Bonchev–Trinajstić information content (AvgIpc) is 2.50. The van der Waals surface area contributed by atoms with E-state index in [2.05, 4.69) is 11.5 Å². The van der Waals surface area contributed by atoms with Gasteiger partial charge in [-0.15, -0.1) is 0 Å². The average molecular weight is 220 g/mol. The Morgan fingerprint density at radius 1 is 1.31 bits per heavy atom. The fourth-order valence-corrected chi connectivity index (χ4v) is 2.16. The predicted octanol–water partition coefficient (Wildman–Crippen LogP) is 2.75. The van der Waals surface area contributed by atoms with Crippen molar-refractivity contribution in [2.24, 2.45) is 5.73 Å². The highest BCUT2D eigenvalue weighted by Crippen LogP contribution is 2.25. The number of fused-ring (bicyclic) bond motifs is 1. The Labute approximate surface area is 94.9 Å². The molecular formula is C13H17FN2. The Balaban J connectivity index is 2.59. The van der Waals surface area contributed by atoms with Gasteiger partial charge >= 0.3 is 0 Å². The molecule has 0 bridgehead atoms. The van der Waals surface area contributed by atoms with E-state index in [1.165, 1.54) is 11.8 Å². The Bertz CT molecular complexity index is 514. The first kappa shape index (κ1) is 11.1. The van der Waals surface area contributed by atoms with E-state index < -0.39 is 0 Å². The molecule has 0 spiro atoms. The fourth-order valence-electron chi connectivity index (χ4n) is 2.16. The molecule has 3 heteroatoms. The molecule has 0 saturated heterocycles. The summed E-state index contributed by atoms with van der Waals surface area (Å²) in [5.41, 5.74) is 8.99. The molecule has 0 aliphatic heterocycles. The summed E-state index contributed by atoms with van der Waals surface area (Å²) in [7, 11) is 0. The third kappa shape index (κ3) is 1.71. The highest BCUT2D eigenvalue weighted by atomic mass is 19.1. The van der Waals surface area contributed by atoms with Gasteiger partial charge in [-0.3, -0.25) is 0 Å². The van der Waals surface area contributed by atoms with Crippen molar-refractivity contribution in [3.8, 4) is 0 Å². The topological polar surface area (TPSA) is 30.9 Å². The minimum absolute atomic E-state index is 0.174. The first-order chi connectivity index (χ1) is 7.65. The number of hydrogen-bond donors (Lipinski definition) is 1. The number of halogens is 1. The van der Waals surface area contributed by atoms with Crippen LogP contribution in [0, 0.1) is 19.7 Å². The van der Waals surface area contributed by atoms with Gasteiger partial charge in [0.25, 0.3) is 0 Å². The summed E-state index contributed by atoms with van der Waals surface area (Å²) in [6.07, 6.45) is 0.946. The van der Waals surface area contributed by atoms with Gasteiger partial charge in [0.1, 0.15) is 5.82 Å². The van der Waals surface area contributed by atoms with E-state index in [4.69, 9.17) is 5.73 Å². The van der Waals surface area contributed by atoms with Gasteiger partial charge in [-0.1, -0.05) is 0 Å². The minimum atomic E-state index is -0.174. The third-order valence-electron chi connectivity index (χ3n) is 3.19. The van der Waals surface area contributed by atoms with Gasteiger partial charge in [0, 0.05) is 23.1 Å². The molecule has 0 aliphatic carbocycles. The van der Waals surface area contributed by atoms with Crippen molar-refractivity contribution >= 4 is 10.9 Å². The fraction of sp³-hybridized carbons (Fsp3) is 0.385. The van der Waals surface area contributed by atoms with E-state index in [-0.39, 0.29) is 5.82 Å². The van der Waals surface area contributed by atoms with Crippen LogP contribution in [0.5, 0.6) is 0 Å². The monoisotopic (exact) mass is 220 g/mol. The molecule has 1 heterocycles. The van der Waals surface area contributed by atoms with Gasteiger partial charge in [-0.2, -0.15) is 0 Å². The maximum Gasteiger partial charge on any atom is 0.123 e. The van der Waals surface area contributed by atoms with Crippen LogP contribution in [0.15, 0.2) is 18.2 Å². The molecule has 1 aromatic carbocycles. The number of aromatic nitrogens is 1. The first-order valence-corrected chi connectivity index (χ1v) is 5.60. The minimum Gasteiger partial charge on any atom is -0.345 e. The van der Waals surface area contributed by atoms with Crippen molar-refractivity contribution in [3.63, 3.8) is 0 Å². The number of rotatable bonds is 3. The Morgan fingerprint density at radius 2 is 2.06 bits per heavy atom. The van der Waals surface area contributed by atoms with Crippen molar-refractivity contribution in [1.82, 2.24) is 4.57 Å². The zero-order valence-electron chi connectivity index (χ0n) is 9.76. The van der Waals surface area contributed by atoms with Crippen LogP contribution >= 0.6 is 0 Å². The van der Waals surface area contributed by atoms with Gasteiger partial charge in [-0.25, -0.2) is 4.39 Å². The Morgan fingerprint density at radius 3 is 2.75 bits per heavy atom. The number of hydrogen-bond acceptors (Lipinski definition) is 1. The van der Waals surface area contributed by atoms with E-state index >= 15 is 0 Å². The summed E-state index contributed by atoms with van der Waals surface area (Å²) in [5, 5.41) is 1.01. The summed E-state index contributed by atoms with van der Waals surface area (Å²) in [5.74, 6) is -0.174. The van der Waals surface area contributed by atoms with Crippen molar-refractivity contribution in [2.45, 2.75) is 26.8 Å². The highest BCUT2D eigenvalue weighted by molar-refractivity contribution is 5.85. The SMILES string of the molecule is Cc1c(C)n(CCCN)c2ccc(F)cc12.